The summed E-state index contributed by atoms with van der Waals surface area (Å²) in [6.45, 7) is 5.43. The Morgan fingerprint density at radius 1 is 1.43 bits per heavy atom. The number of benzene rings is 1. The van der Waals surface area contributed by atoms with E-state index in [-0.39, 0.29) is 10.8 Å². The maximum Gasteiger partial charge on any atom is 0.261 e. The van der Waals surface area contributed by atoms with Crippen LogP contribution < -0.4 is 5.32 Å². The van der Waals surface area contributed by atoms with E-state index in [2.05, 4.69) is 5.32 Å². The van der Waals surface area contributed by atoms with Crippen molar-refractivity contribution in [3.8, 4) is 0 Å². The van der Waals surface area contributed by atoms with Crippen molar-refractivity contribution in [3.05, 3.63) is 28.8 Å². The van der Waals surface area contributed by atoms with Crippen LogP contribution in [0.4, 0.5) is 0 Å². The first-order valence-electron chi connectivity index (χ1n) is 6.71. The summed E-state index contributed by atoms with van der Waals surface area (Å²) in [7, 11) is 1.51. The minimum absolute atomic E-state index is 0.0541. The predicted octanol–water partition coefficient (Wildman–Crippen LogP) is 2.00. The number of rotatable bonds is 4. The van der Waals surface area contributed by atoms with E-state index in [4.69, 9.17) is 15.4 Å². The summed E-state index contributed by atoms with van der Waals surface area (Å²) >= 11 is 0. The molecule has 5 nitrogen and oxygen atoms in total. The van der Waals surface area contributed by atoms with Crippen LogP contribution in [0.1, 0.15) is 27.9 Å². The van der Waals surface area contributed by atoms with Gasteiger partial charge >= 0.3 is 0 Å². The second-order valence-corrected chi connectivity index (χ2v) is 7.86. The number of amides is 1. The quantitative estimate of drug-likeness (QED) is 0.856. The lowest BCUT2D eigenvalue weighted by molar-refractivity contribution is 0.0944. The molecule has 1 fully saturated rings. The van der Waals surface area contributed by atoms with Crippen LogP contribution in [0.2, 0.25) is 0 Å². The molecule has 0 bridgehead atoms. The molecule has 21 heavy (non-hydrogen) atoms. The van der Waals surface area contributed by atoms with Gasteiger partial charge in [-0.05, 0) is 43.5 Å². The molecule has 1 aromatic carbocycles. The zero-order valence-electron chi connectivity index (χ0n) is 12.0. The number of aryl methyl sites for hydroxylation is 1. The summed E-state index contributed by atoms with van der Waals surface area (Å²) in [5.41, 5.74) is 1.80. The van der Waals surface area contributed by atoms with E-state index in [0.717, 1.165) is 18.6 Å². The highest BCUT2D eigenvalue weighted by Gasteiger charge is 2.20. The molecular weight excluding hydrogens is 314 g/mol. The van der Waals surface area contributed by atoms with Gasteiger partial charge in [0, 0.05) is 35.3 Å². The van der Waals surface area contributed by atoms with E-state index in [1.807, 2.05) is 0 Å². The molecule has 1 aliphatic heterocycles. The van der Waals surface area contributed by atoms with Gasteiger partial charge in [0.1, 0.15) is 0 Å². The van der Waals surface area contributed by atoms with Crippen molar-refractivity contribution >= 4 is 25.6 Å². The van der Waals surface area contributed by atoms with Crippen molar-refractivity contribution in [3.63, 3.8) is 0 Å². The molecule has 116 valence electrons. The molecule has 0 aliphatic carbocycles. The highest BCUT2D eigenvalue weighted by atomic mass is 35.7. The normalized spacial score (nSPS) is 18.7. The van der Waals surface area contributed by atoms with Crippen LogP contribution in [0.5, 0.6) is 0 Å². The van der Waals surface area contributed by atoms with Crippen molar-refractivity contribution in [1.29, 1.82) is 0 Å². The van der Waals surface area contributed by atoms with Gasteiger partial charge in [0.05, 0.1) is 11.5 Å². The maximum atomic E-state index is 12.3. The lowest BCUT2D eigenvalue weighted by Gasteiger charge is -2.13. The first-order chi connectivity index (χ1) is 9.79. The second kappa shape index (κ2) is 6.34. The maximum absolute atomic E-state index is 12.3. The zero-order valence-corrected chi connectivity index (χ0v) is 13.6. The number of hydrogen-bond donors (Lipinski definition) is 1. The summed E-state index contributed by atoms with van der Waals surface area (Å²) in [5, 5.41) is 2.83. The monoisotopic (exact) mass is 331 g/mol. The molecule has 7 heteroatoms. The van der Waals surface area contributed by atoms with Gasteiger partial charge in [-0.3, -0.25) is 4.79 Å². The van der Waals surface area contributed by atoms with Crippen molar-refractivity contribution in [2.24, 2.45) is 5.92 Å². The summed E-state index contributed by atoms with van der Waals surface area (Å²) in [4.78, 5) is 12.2. The first-order valence-corrected chi connectivity index (χ1v) is 9.02. The number of carbonyl (C=O) groups is 1. The summed E-state index contributed by atoms with van der Waals surface area (Å²) in [6, 6.07) is 2.80. The SMILES string of the molecule is Cc1cc(S(=O)(=O)Cl)cc(C(=O)NCC2CCOC2)c1C. The van der Waals surface area contributed by atoms with Gasteiger partial charge in [-0.2, -0.15) is 0 Å². The van der Waals surface area contributed by atoms with Gasteiger partial charge in [-0.25, -0.2) is 8.42 Å². The van der Waals surface area contributed by atoms with E-state index in [9.17, 15) is 13.2 Å². The Kier molecular flexibility index (Phi) is 4.91. The smallest absolute Gasteiger partial charge is 0.261 e. The van der Waals surface area contributed by atoms with E-state index in [1.54, 1.807) is 13.8 Å². The van der Waals surface area contributed by atoms with Crippen molar-refractivity contribution < 1.29 is 17.9 Å². The summed E-state index contributed by atoms with van der Waals surface area (Å²) in [5.74, 6) is 0.0277. The van der Waals surface area contributed by atoms with Crippen molar-refractivity contribution in [1.82, 2.24) is 5.32 Å². The van der Waals surface area contributed by atoms with Crippen molar-refractivity contribution in [2.75, 3.05) is 19.8 Å². The van der Waals surface area contributed by atoms with Gasteiger partial charge in [-0.15, -0.1) is 0 Å². The average molecular weight is 332 g/mol. The molecule has 1 N–H and O–H groups in total. The van der Waals surface area contributed by atoms with E-state index in [1.165, 1.54) is 12.1 Å². The van der Waals surface area contributed by atoms with Gasteiger partial charge in [0.15, 0.2) is 0 Å². The van der Waals surface area contributed by atoms with Crippen LogP contribution in [0.3, 0.4) is 0 Å². The van der Waals surface area contributed by atoms with Gasteiger partial charge in [0.25, 0.3) is 15.0 Å². The molecule has 1 heterocycles. The number of halogens is 1. The number of nitrogens with one attached hydrogen (secondary N) is 1. The second-order valence-electron chi connectivity index (χ2n) is 5.29. The highest BCUT2D eigenvalue weighted by Crippen LogP contribution is 2.22. The highest BCUT2D eigenvalue weighted by molar-refractivity contribution is 8.13. The third-order valence-corrected chi connectivity index (χ3v) is 5.08. The Morgan fingerprint density at radius 2 is 2.14 bits per heavy atom. The van der Waals surface area contributed by atoms with E-state index in [0.29, 0.717) is 30.2 Å². The van der Waals surface area contributed by atoms with Crippen LogP contribution in [0, 0.1) is 19.8 Å². The number of carbonyl (C=O) groups excluding carboxylic acids is 1. The van der Waals surface area contributed by atoms with Crippen LogP contribution in [0.25, 0.3) is 0 Å². The van der Waals surface area contributed by atoms with E-state index >= 15 is 0 Å². The van der Waals surface area contributed by atoms with E-state index < -0.39 is 9.05 Å². The molecule has 1 atom stereocenters. The third kappa shape index (κ3) is 3.96. The average Bonchev–Trinajstić information content (AvgIpc) is 2.91. The molecule has 0 radical (unpaired) electrons. The lowest BCUT2D eigenvalue weighted by atomic mass is 10.0. The topological polar surface area (TPSA) is 72.5 Å². The van der Waals surface area contributed by atoms with Crippen LogP contribution >= 0.6 is 10.7 Å². The zero-order chi connectivity index (χ0) is 15.6. The molecule has 1 unspecified atom stereocenters. The minimum Gasteiger partial charge on any atom is -0.381 e. The largest absolute Gasteiger partial charge is 0.381 e. The molecule has 1 aromatic rings. The molecule has 0 spiro atoms. The van der Waals surface area contributed by atoms with Crippen LogP contribution in [-0.4, -0.2) is 34.1 Å². The lowest BCUT2D eigenvalue weighted by Crippen LogP contribution is -2.30. The molecule has 2 rings (SSSR count). The number of hydrogen-bond acceptors (Lipinski definition) is 4. The van der Waals surface area contributed by atoms with Gasteiger partial charge in [0.2, 0.25) is 0 Å². The number of ether oxygens (including phenoxy) is 1. The summed E-state index contributed by atoms with van der Waals surface area (Å²) < 4.78 is 28.2. The molecular formula is C14H18ClNO4S. The first kappa shape index (κ1) is 16.3. The third-order valence-electron chi connectivity index (χ3n) is 3.74. The van der Waals surface area contributed by atoms with Crippen molar-refractivity contribution in [2.45, 2.75) is 25.2 Å². The molecule has 1 aliphatic rings. The van der Waals surface area contributed by atoms with Gasteiger partial charge < -0.3 is 10.1 Å². The Balaban J connectivity index is 2.21. The molecule has 1 saturated heterocycles. The van der Waals surface area contributed by atoms with Crippen LogP contribution in [0.15, 0.2) is 17.0 Å². The minimum atomic E-state index is -3.86. The fourth-order valence-corrected chi connectivity index (χ4v) is 3.12. The fourth-order valence-electron chi connectivity index (χ4n) is 2.28. The molecule has 1 amide bonds. The van der Waals surface area contributed by atoms with Gasteiger partial charge in [-0.1, -0.05) is 0 Å². The molecule has 0 aromatic heterocycles. The van der Waals surface area contributed by atoms with Crippen LogP contribution in [-0.2, 0) is 13.8 Å². The molecule has 0 saturated carbocycles. The Morgan fingerprint density at radius 3 is 2.71 bits per heavy atom. The fraction of sp³-hybridized carbons (Fsp3) is 0.500. The summed E-state index contributed by atoms with van der Waals surface area (Å²) in [6.07, 6.45) is 0.925. The predicted molar refractivity (Wildman–Crippen MR) is 80.2 cm³/mol. The Labute approximate surface area is 129 Å². The standard InChI is InChI=1S/C14H18ClNO4S/c1-9-5-12(21(15,18)19)6-13(10(9)2)14(17)16-7-11-3-4-20-8-11/h5-6,11H,3-4,7-8H2,1-2H3,(H,16,17). The Bertz CT molecular complexity index is 651. The Hall–Kier alpha value is -1.11.